The van der Waals surface area contributed by atoms with Crippen molar-refractivity contribution in [2.24, 2.45) is 5.10 Å². The molecule has 1 amide bonds. The zero-order chi connectivity index (χ0) is 24.3. The number of nitrogens with one attached hydrogen (secondary N) is 1. The van der Waals surface area contributed by atoms with E-state index in [2.05, 4.69) is 47.1 Å². The number of aryl methyl sites for hydroxylation is 3. The van der Waals surface area contributed by atoms with Crippen molar-refractivity contribution in [2.75, 3.05) is 0 Å². The Kier molecular flexibility index (Phi) is 6.48. The summed E-state index contributed by atoms with van der Waals surface area (Å²) in [7, 11) is 0. The number of hydrogen-bond donors (Lipinski definition) is 2. The van der Waals surface area contributed by atoms with E-state index in [-0.39, 0.29) is 0 Å². The van der Waals surface area contributed by atoms with Gasteiger partial charge in [0.25, 0.3) is 5.91 Å². The van der Waals surface area contributed by atoms with E-state index < -0.39 is 11.5 Å². The highest BCUT2D eigenvalue weighted by molar-refractivity contribution is 5.91. The smallest absolute Gasteiger partial charge is 0.281 e. The van der Waals surface area contributed by atoms with Gasteiger partial charge < -0.3 is 9.67 Å². The molecule has 0 bridgehead atoms. The minimum atomic E-state index is -1.86. The summed E-state index contributed by atoms with van der Waals surface area (Å²) in [5.41, 5.74) is 8.17. The van der Waals surface area contributed by atoms with Gasteiger partial charge >= 0.3 is 0 Å². The Morgan fingerprint density at radius 1 is 0.853 bits per heavy atom. The molecule has 0 aliphatic rings. The molecule has 0 aliphatic heterocycles. The minimum Gasteiger partial charge on any atom is -0.372 e. The lowest BCUT2D eigenvalue weighted by atomic mass is 9.85. The van der Waals surface area contributed by atoms with E-state index in [4.69, 9.17) is 0 Å². The first-order valence-corrected chi connectivity index (χ1v) is 11.3. The summed E-state index contributed by atoms with van der Waals surface area (Å²) < 4.78 is 2.17. The maximum atomic E-state index is 13.2. The molecular formula is C29H29N3O2. The minimum absolute atomic E-state index is 0.474. The Bertz CT molecular complexity index is 1300. The molecule has 2 N–H and O–H groups in total. The quantitative estimate of drug-likeness (QED) is 0.316. The van der Waals surface area contributed by atoms with Crippen molar-refractivity contribution < 1.29 is 9.90 Å². The standard InChI is InChI=1S/C29H29N3O2/c1-20-15-16-27(17-21(20)2)32-22(3)18-24(23(32)4)19-30-31-28(33)29(34,25-11-7-5-8-12-25)26-13-9-6-10-14-26/h5-19,34H,1-4H3,(H,31,33)/b30-19-. The number of hydrazone groups is 1. The third kappa shape index (κ3) is 4.30. The molecule has 0 radical (unpaired) electrons. The maximum absolute atomic E-state index is 13.2. The van der Waals surface area contributed by atoms with Crippen LogP contribution in [0.3, 0.4) is 0 Å². The number of benzene rings is 3. The number of carbonyl (C=O) groups excluding carboxylic acids is 1. The van der Waals surface area contributed by atoms with Crippen molar-refractivity contribution in [1.82, 2.24) is 9.99 Å². The zero-order valence-corrected chi connectivity index (χ0v) is 19.9. The Balaban J connectivity index is 1.61. The second-order valence-corrected chi connectivity index (χ2v) is 8.57. The summed E-state index contributed by atoms with van der Waals surface area (Å²) in [6.07, 6.45) is 1.62. The highest BCUT2D eigenvalue weighted by atomic mass is 16.3. The Morgan fingerprint density at radius 2 is 1.44 bits per heavy atom. The summed E-state index contributed by atoms with van der Waals surface area (Å²) >= 11 is 0. The molecule has 0 saturated carbocycles. The first-order valence-electron chi connectivity index (χ1n) is 11.3. The van der Waals surface area contributed by atoms with Gasteiger partial charge in [-0.1, -0.05) is 66.7 Å². The van der Waals surface area contributed by atoms with Crippen molar-refractivity contribution in [1.29, 1.82) is 0 Å². The second kappa shape index (κ2) is 9.49. The normalized spacial score (nSPS) is 11.7. The number of rotatable bonds is 6. The van der Waals surface area contributed by atoms with Gasteiger partial charge in [-0.2, -0.15) is 5.10 Å². The summed E-state index contributed by atoms with van der Waals surface area (Å²) in [6, 6.07) is 26.2. The van der Waals surface area contributed by atoms with E-state index >= 15 is 0 Å². The van der Waals surface area contributed by atoms with Crippen LogP contribution >= 0.6 is 0 Å². The van der Waals surface area contributed by atoms with Crippen LogP contribution in [0.25, 0.3) is 5.69 Å². The topological polar surface area (TPSA) is 66.6 Å². The summed E-state index contributed by atoms with van der Waals surface area (Å²) in [5, 5.41) is 15.7. The average Bonchev–Trinajstić information content (AvgIpc) is 3.14. The molecule has 172 valence electrons. The monoisotopic (exact) mass is 451 g/mol. The Morgan fingerprint density at radius 3 is 2.00 bits per heavy atom. The van der Waals surface area contributed by atoms with Crippen LogP contribution in [0.5, 0.6) is 0 Å². The highest BCUT2D eigenvalue weighted by Gasteiger charge is 2.39. The van der Waals surface area contributed by atoms with Crippen LogP contribution in [-0.4, -0.2) is 21.8 Å². The summed E-state index contributed by atoms with van der Waals surface area (Å²) in [4.78, 5) is 13.2. The summed E-state index contributed by atoms with van der Waals surface area (Å²) in [5.74, 6) is -0.621. The van der Waals surface area contributed by atoms with Crippen LogP contribution < -0.4 is 5.43 Å². The van der Waals surface area contributed by atoms with Crippen LogP contribution in [0.2, 0.25) is 0 Å². The van der Waals surface area contributed by atoms with Gasteiger partial charge in [0.2, 0.25) is 0 Å². The van der Waals surface area contributed by atoms with E-state index in [9.17, 15) is 9.90 Å². The van der Waals surface area contributed by atoms with E-state index in [1.807, 2.05) is 32.0 Å². The predicted octanol–water partition coefficient (Wildman–Crippen LogP) is 5.10. The molecule has 3 aromatic carbocycles. The van der Waals surface area contributed by atoms with Crippen molar-refractivity contribution in [3.8, 4) is 5.69 Å². The van der Waals surface area contributed by atoms with Gasteiger partial charge in [0.05, 0.1) is 6.21 Å². The van der Waals surface area contributed by atoms with Gasteiger partial charge in [0.15, 0.2) is 5.60 Å². The maximum Gasteiger partial charge on any atom is 0.281 e. The molecule has 0 fully saturated rings. The van der Waals surface area contributed by atoms with E-state index in [0.717, 1.165) is 22.6 Å². The van der Waals surface area contributed by atoms with E-state index in [1.54, 1.807) is 54.7 Å². The zero-order valence-electron chi connectivity index (χ0n) is 19.9. The number of amides is 1. The van der Waals surface area contributed by atoms with Gasteiger partial charge in [-0.25, -0.2) is 5.43 Å². The molecule has 34 heavy (non-hydrogen) atoms. The van der Waals surface area contributed by atoms with Gasteiger partial charge in [-0.15, -0.1) is 0 Å². The Labute approximate surface area is 200 Å². The lowest BCUT2D eigenvalue weighted by Gasteiger charge is -2.27. The summed E-state index contributed by atoms with van der Waals surface area (Å²) in [6.45, 7) is 8.27. The molecular weight excluding hydrogens is 422 g/mol. The van der Waals surface area contributed by atoms with Crippen molar-refractivity contribution >= 4 is 12.1 Å². The van der Waals surface area contributed by atoms with Gasteiger partial charge in [-0.05, 0) is 68.1 Å². The molecule has 5 nitrogen and oxygen atoms in total. The fourth-order valence-electron chi connectivity index (χ4n) is 4.21. The SMILES string of the molecule is Cc1ccc(-n2c(C)cc(/C=N\NC(=O)C(O)(c3ccccc3)c3ccccc3)c2C)cc1C. The van der Waals surface area contributed by atoms with Crippen LogP contribution in [0, 0.1) is 27.7 Å². The lowest BCUT2D eigenvalue weighted by Crippen LogP contribution is -2.43. The number of hydrogen-bond acceptors (Lipinski definition) is 3. The molecule has 4 aromatic rings. The van der Waals surface area contributed by atoms with Crippen molar-refractivity contribution in [3.05, 3.63) is 124 Å². The molecule has 0 atom stereocenters. The highest BCUT2D eigenvalue weighted by Crippen LogP contribution is 2.30. The lowest BCUT2D eigenvalue weighted by molar-refractivity contribution is -0.136. The van der Waals surface area contributed by atoms with Gasteiger partial charge in [0, 0.05) is 22.6 Å². The number of nitrogens with zero attached hydrogens (tertiary/aromatic N) is 2. The fourth-order valence-corrected chi connectivity index (χ4v) is 4.21. The number of carbonyl (C=O) groups is 1. The molecule has 0 saturated heterocycles. The van der Waals surface area contributed by atoms with Crippen molar-refractivity contribution in [2.45, 2.75) is 33.3 Å². The number of aromatic nitrogens is 1. The largest absolute Gasteiger partial charge is 0.372 e. The molecule has 1 aromatic heterocycles. The van der Waals surface area contributed by atoms with Crippen LogP contribution in [-0.2, 0) is 10.4 Å². The first-order chi connectivity index (χ1) is 16.3. The van der Waals surface area contributed by atoms with E-state index in [0.29, 0.717) is 11.1 Å². The molecule has 4 rings (SSSR count). The molecule has 1 heterocycles. The van der Waals surface area contributed by atoms with Gasteiger partial charge in [-0.3, -0.25) is 4.79 Å². The third-order valence-electron chi connectivity index (χ3n) is 6.30. The van der Waals surface area contributed by atoms with Crippen LogP contribution in [0.4, 0.5) is 0 Å². The van der Waals surface area contributed by atoms with Gasteiger partial charge in [0.1, 0.15) is 0 Å². The molecule has 0 spiro atoms. The number of aliphatic hydroxyl groups is 1. The fraction of sp³-hybridized carbons (Fsp3) is 0.172. The molecule has 0 aliphatic carbocycles. The third-order valence-corrected chi connectivity index (χ3v) is 6.30. The Hall–Kier alpha value is -3.96. The first kappa shape index (κ1) is 23.2. The predicted molar refractivity (Wildman–Crippen MR) is 136 cm³/mol. The van der Waals surface area contributed by atoms with E-state index in [1.165, 1.54) is 11.1 Å². The second-order valence-electron chi connectivity index (χ2n) is 8.57. The molecule has 0 unspecified atom stereocenters. The van der Waals surface area contributed by atoms with Crippen LogP contribution in [0.1, 0.15) is 39.2 Å². The molecule has 5 heteroatoms. The van der Waals surface area contributed by atoms with Crippen LogP contribution in [0.15, 0.2) is 90.0 Å². The van der Waals surface area contributed by atoms with Crippen molar-refractivity contribution in [3.63, 3.8) is 0 Å². The average molecular weight is 452 g/mol.